The predicted molar refractivity (Wildman–Crippen MR) is 121 cm³/mol. The number of piperidine rings is 1. The van der Waals surface area contributed by atoms with Crippen molar-refractivity contribution in [3.8, 4) is 0 Å². The number of amides is 1. The van der Waals surface area contributed by atoms with E-state index in [-0.39, 0.29) is 18.6 Å². The van der Waals surface area contributed by atoms with Gasteiger partial charge in [0.25, 0.3) is 11.5 Å². The summed E-state index contributed by atoms with van der Waals surface area (Å²) in [6.07, 6.45) is 1.12. The molecule has 35 heavy (non-hydrogen) atoms. The van der Waals surface area contributed by atoms with Crippen molar-refractivity contribution in [3.63, 3.8) is 0 Å². The highest BCUT2D eigenvalue weighted by molar-refractivity contribution is 5.83. The molecular formula is C22H28F3N7O3. The summed E-state index contributed by atoms with van der Waals surface area (Å²) >= 11 is 0. The van der Waals surface area contributed by atoms with Crippen molar-refractivity contribution in [3.05, 3.63) is 40.1 Å². The average Bonchev–Trinajstić information content (AvgIpc) is 3.18. The molecule has 2 aliphatic heterocycles. The van der Waals surface area contributed by atoms with E-state index in [1.807, 2.05) is 11.8 Å². The lowest BCUT2D eigenvalue weighted by Gasteiger charge is -2.36. The first-order chi connectivity index (χ1) is 16.6. The maximum Gasteiger partial charge on any atom is 0.423 e. The number of aryl methyl sites for hydroxylation is 1. The van der Waals surface area contributed by atoms with Gasteiger partial charge in [-0.3, -0.25) is 9.59 Å². The lowest BCUT2D eigenvalue weighted by atomic mass is 10.0. The summed E-state index contributed by atoms with van der Waals surface area (Å²) in [5, 5.41) is 7.86. The zero-order chi connectivity index (χ0) is 25.2. The summed E-state index contributed by atoms with van der Waals surface area (Å²) in [5.41, 5.74) is -2.10. The van der Waals surface area contributed by atoms with E-state index in [0.717, 1.165) is 37.7 Å². The molecule has 0 aromatic carbocycles. The van der Waals surface area contributed by atoms with Gasteiger partial charge in [0, 0.05) is 50.5 Å². The number of hydrogen-bond acceptors (Lipinski definition) is 8. The number of rotatable bonds is 7. The van der Waals surface area contributed by atoms with Crippen LogP contribution in [0.3, 0.4) is 0 Å². The van der Waals surface area contributed by atoms with Crippen LogP contribution in [-0.2, 0) is 15.7 Å². The van der Waals surface area contributed by atoms with Crippen LogP contribution in [0.5, 0.6) is 0 Å². The molecule has 0 saturated carbocycles. The number of H-pyrrole nitrogens is 1. The fraction of sp³-hybridized carbons (Fsp3) is 0.591. The topological polar surface area (TPSA) is 116 Å². The highest BCUT2D eigenvalue weighted by Crippen LogP contribution is 2.32. The lowest BCUT2D eigenvalue weighted by Crippen LogP contribution is -2.47. The molecule has 0 spiro atoms. The van der Waals surface area contributed by atoms with E-state index in [1.54, 1.807) is 24.4 Å². The predicted octanol–water partition coefficient (Wildman–Crippen LogP) is 1.97. The molecule has 2 fully saturated rings. The summed E-state index contributed by atoms with van der Waals surface area (Å²) in [6, 6.07) is -0.482. The molecule has 2 aromatic rings. The van der Waals surface area contributed by atoms with Crippen LogP contribution in [0, 0.1) is 6.92 Å². The first-order valence-corrected chi connectivity index (χ1v) is 11.5. The molecule has 4 heterocycles. The Morgan fingerprint density at radius 2 is 1.83 bits per heavy atom. The van der Waals surface area contributed by atoms with Gasteiger partial charge in [-0.05, 0) is 32.3 Å². The summed E-state index contributed by atoms with van der Waals surface area (Å²) < 4.78 is 45.4. The Hall–Kier alpha value is -3.22. The summed E-state index contributed by atoms with van der Waals surface area (Å²) in [6.45, 7) is 5.61. The number of nitrogens with one attached hydrogen (secondary N) is 2. The molecule has 10 nitrogen and oxygen atoms in total. The molecule has 2 unspecified atom stereocenters. The number of carbonyl (C=O) groups is 1. The lowest BCUT2D eigenvalue weighted by molar-refractivity contribution is -0.139. The Balaban J connectivity index is 1.27. The number of aromatic nitrogens is 4. The van der Waals surface area contributed by atoms with E-state index >= 15 is 0 Å². The third-order valence-electron chi connectivity index (χ3n) is 6.24. The van der Waals surface area contributed by atoms with Crippen LogP contribution >= 0.6 is 0 Å². The van der Waals surface area contributed by atoms with Gasteiger partial charge in [-0.15, -0.1) is 0 Å². The van der Waals surface area contributed by atoms with Gasteiger partial charge in [-0.25, -0.2) is 15.1 Å². The molecule has 0 aliphatic carbocycles. The maximum atomic E-state index is 13.2. The molecule has 2 aromatic heterocycles. The third-order valence-corrected chi connectivity index (χ3v) is 6.24. The van der Waals surface area contributed by atoms with Crippen molar-refractivity contribution in [2.24, 2.45) is 0 Å². The van der Waals surface area contributed by atoms with Gasteiger partial charge in [-0.1, -0.05) is 0 Å². The SMILES string of the molecule is Cc1cnc(N2CCC(N3CCC(OCC(C)Nc4cn[nH]c(=O)c4C(F)(F)F)C3=O)CC2)nc1. The second-order valence-electron chi connectivity index (χ2n) is 8.95. The molecule has 13 heteroatoms. The number of aromatic amines is 1. The largest absolute Gasteiger partial charge is 0.423 e. The number of hydrogen-bond donors (Lipinski definition) is 2. The van der Waals surface area contributed by atoms with Crippen LogP contribution in [0.2, 0.25) is 0 Å². The smallest absolute Gasteiger partial charge is 0.378 e. The van der Waals surface area contributed by atoms with Gasteiger partial charge in [0.2, 0.25) is 5.95 Å². The molecule has 2 aliphatic rings. The van der Waals surface area contributed by atoms with Crippen LogP contribution in [0.25, 0.3) is 0 Å². The van der Waals surface area contributed by atoms with E-state index in [2.05, 4.69) is 25.3 Å². The van der Waals surface area contributed by atoms with Crippen molar-refractivity contribution >= 4 is 17.5 Å². The average molecular weight is 496 g/mol. The molecule has 0 bridgehead atoms. The molecule has 2 saturated heterocycles. The van der Waals surface area contributed by atoms with E-state index < -0.39 is 35.1 Å². The van der Waals surface area contributed by atoms with Crippen molar-refractivity contribution in [1.29, 1.82) is 0 Å². The summed E-state index contributed by atoms with van der Waals surface area (Å²) in [5.74, 6) is 0.588. The number of likely N-dealkylation sites (tertiary alicyclic amines) is 1. The van der Waals surface area contributed by atoms with Gasteiger partial charge >= 0.3 is 6.18 Å². The monoisotopic (exact) mass is 495 g/mol. The summed E-state index contributed by atoms with van der Waals surface area (Å²) in [7, 11) is 0. The minimum Gasteiger partial charge on any atom is -0.378 e. The van der Waals surface area contributed by atoms with Crippen molar-refractivity contribution in [1.82, 2.24) is 25.1 Å². The number of halogens is 3. The quantitative estimate of drug-likeness (QED) is 0.599. The Bertz CT molecular complexity index is 1080. The number of anilines is 2. The van der Waals surface area contributed by atoms with Gasteiger partial charge in [0.1, 0.15) is 11.7 Å². The Kier molecular flexibility index (Phi) is 7.24. The zero-order valence-electron chi connectivity index (χ0n) is 19.5. The van der Waals surface area contributed by atoms with Crippen molar-refractivity contribution < 1.29 is 22.7 Å². The molecule has 190 valence electrons. The van der Waals surface area contributed by atoms with Gasteiger partial charge in [-0.2, -0.15) is 18.3 Å². The highest BCUT2D eigenvalue weighted by atomic mass is 19.4. The van der Waals surface area contributed by atoms with Crippen LogP contribution in [0.4, 0.5) is 24.8 Å². The van der Waals surface area contributed by atoms with E-state index in [4.69, 9.17) is 4.74 Å². The third kappa shape index (κ3) is 5.72. The number of alkyl halides is 3. The van der Waals surface area contributed by atoms with Crippen LogP contribution < -0.4 is 15.8 Å². The number of ether oxygens (including phenoxy) is 1. The minimum absolute atomic E-state index is 0.00243. The van der Waals surface area contributed by atoms with Crippen LogP contribution in [0.15, 0.2) is 23.4 Å². The minimum atomic E-state index is -4.83. The van der Waals surface area contributed by atoms with E-state index in [0.29, 0.717) is 18.9 Å². The van der Waals surface area contributed by atoms with Gasteiger partial charge < -0.3 is 19.9 Å². The number of carbonyl (C=O) groups excluding carboxylic acids is 1. The fourth-order valence-electron chi connectivity index (χ4n) is 4.48. The van der Waals surface area contributed by atoms with Crippen LogP contribution in [-0.4, -0.2) is 75.4 Å². The zero-order valence-corrected chi connectivity index (χ0v) is 19.5. The molecular weight excluding hydrogens is 467 g/mol. The second-order valence-corrected chi connectivity index (χ2v) is 8.95. The standard InChI is InChI=1S/C22H28F3N7O3/c1-13-9-26-21(27-10-13)31-6-3-15(4-7-31)32-8-5-17(20(32)34)35-12-14(2)29-16-11-28-30-19(33)18(16)22(23,24)25/h9-11,14-15,17H,3-8,12H2,1-2H3,(H2,29,30,33). The first kappa shape index (κ1) is 24.9. The Labute approximate surface area is 199 Å². The van der Waals surface area contributed by atoms with Gasteiger partial charge in [0.15, 0.2) is 0 Å². The molecule has 1 amide bonds. The molecule has 2 N–H and O–H groups in total. The fourth-order valence-corrected chi connectivity index (χ4v) is 4.48. The normalized spacial score (nSPS) is 20.4. The Morgan fingerprint density at radius 1 is 1.14 bits per heavy atom. The van der Waals surface area contributed by atoms with E-state index in [1.165, 1.54) is 0 Å². The Morgan fingerprint density at radius 3 is 2.49 bits per heavy atom. The molecule has 0 radical (unpaired) electrons. The summed E-state index contributed by atoms with van der Waals surface area (Å²) in [4.78, 5) is 37.2. The van der Waals surface area contributed by atoms with Crippen molar-refractivity contribution in [2.75, 3.05) is 36.5 Å². The van der Waals surface area contributed by atoms with Crippen molar-refractivity contribution in [2.45, 2.75) is 57.5 Å². The molecule has 4 rings (SSSR count). The second kappa shape index (κ2) is 10.2. The van der Waals surface area contributed by atoms with Gasteiger partial charge in [0.05, 0.1) is 18.5 Å². The highest BCUT2D eigenvalue weighted by Gasteiger charge is 2.39. The first-order valence-electron chi connectivity index (χ1n) is 11.5. The van der Waals surface area contributed by atoms with Crippen LogP contribution in [0.1, 0.15) is 37.3 Å². The number of nitrogens with zero attached hydrogens (tertiary/aromatic N) is 5. The molecule has 2 atom stereocenters. The van der Waals surface area contributed by atoms with E-state index in [9.17, 15) is 22.8 Å². The maximum absolute atomic E-state index is 13.2.